The zero-order valence-electron chi connectivity index (χ0n) is 13.3. The van der Waals surface area contributed by atoms with Crippen LogP contribution in [-0.2, 0) is 6.42 Å². The second-order valence-electron chi connectivity index (χ2n) is 5.76. The molecule has 0 N–H and O–H groups in total. The lowest BCUT2D eigenvalue weighted by atomic mass is 10.1. The van der Waals surface area contributed by atoms with Gasteiger partial charge < -0.3 is 4.90 Å². The first-order valence-electron chi connectivity index (χ1n) is 7.93. The highest BCUT2D eigenvalue weighted by atomic mass is 32.1. The van der Waals surface area contributed by atoms with Crippen LogP contribution in [0.15, 0.2) is 42.5 Å². The summed E-state index contributed by atoms with van der Waals surface area (Å²) in [7, 11) is 0. The number of nitro groups is 1. The second-order valence-corrected chi connectivity index (χ2v) is 6.83. The molecule has 0 radical (unpaired) electrons. The molecule has 3 rings (SSSR count). The van der Waals surface area contributed by atoms with Gasteiger partial charge in [0.25, 0.3) is 5.91 Å². The first kappa shape index (κ1) is 16.6. The molecule has 0 bridgehead atoms. The van der Waals surface area contributed by atoms with Crippen molar-refractivity contribution in [3.63, 3.8) is 0 Å². The molecule has 1 aromatic heterocycles. The number of nitrogens with zero attached hydrogens (tertiary/aromatic N) is 3. The van der Waals surface area contributed by atoms with Crippen LogP contribution in [-0.4, -0.2) is 53.4 Å². The quantitative estimate of drug-likeness (QED) is 0.617. The molecule has 6 nitrogen and oxygen atoms in total. The Bertz CT molecular complexity index is 709. The Kier molecular flexibility index (Phi) is 5.22. The molecule has 2 aromatic rings. The highest BCUT2D eigenvalue weighted by molar-refractivity contribution is 7.17. The number of hydrogen-bond donors (Lipinski definition) is 0. The zero-order valence-corrected chi connectivity index (χ0v) is 14.1. The summed E-state index contributed by atoms with van der Waals surface area (Å²) in [5.41, 5.74) is 1.32. The van der Waals surface area contributed by atoms with Gasteiger partial charge in [-0.05, 0) is 18.1 Å². The van der Waals surface area contributed by atoms with Gasteiger partial charge in [-0.2, -0.15) is 0 Å². The first-order valence-corrected chi connectivity index (χ1v) is 8.75. The van der Waals surface area contributed by atoms with Crippen LogP contribution in [0, 0.1) is 10.1 Å². The Labute approximate surface area is 144 Å². The maximum Gasteiger partial charge on any atom is 0.324 e. The number of piperazine rings is 1. The lowest BCUT2D eigenvalue weighted by Gasteiger charge is -2.34. The summed E-state index contributed by atoms with van der Waals surface area (Å²) in [6, 6.07) is 13.3. The molecule has 0 atom stereocenters. The molecule has 0 unspecified atom stereocenters. The summed E-state index contributed by atoms with van der Waals surface area (Å²) in [6.45, 7) is 3.99. The van der Waals surface area contributed by atoms with E-state index in [9.17, 15) is 14.9 Å². The van der Waals surface area contributed by atoms with Crippen LogP contribution in [0.1, 0.15) is 15.2 Å². The van der Waals surface area contributed by atoms with E-state index in [4.69, 9.17) is 0 Å². The van der Waals surface area contributed by atoms with Crippen LogP contribution >= 0.6 is 11.3 Å². The SMILES string of the molecule is O=C(c1ccc([N+](=O)[O-])s1)N1CCN(CCc2ccccc2)CC1. The topological polar surface area (TPSA) is 66.7 Å². The molecule has 1 aliphatic rings. The van der Waals surface area contributed by atoms with Gasteiger partial charge in [-0.1, -0.05) is 41.7 Å². The fourth-order valence-electron chi connectivity index (χ4n) is 2.80. The summed E-state index contributed by atoms with van der Waals surface area (Å²) in [5.74, 6) is -0.101. The van der Waals surface area contributed by atoms with E-state index in [1.165, 1.54) is 11.6 Å². The van der Waals surface area contributed by atoms with E-state index >= 15 is 0 Å². The monoisotopic (exact) mass is 345 g/mol. The fraction of sp³-hybridized carbons (Fsp3) is 0.353. The van der Waals surface area contributed by atoms with Gasteiger partial charge in [-0.3, -0.25) is 19.8 Å². The van der Waals surface area contributed by atoms with Crippen molar-refractivity contribution in [3.05, 3.63) is 63.0 Å². The smallest absolute Gasteiger partial charge is 0.324 e. The van der Waals surface area contributed by atoms with Crippen LogP contribution in [0.3, 0.4) is 0 Å². The minimum Gasteiger partial charge on any atom is -0.335 e. The van der Waals surface area contributed by atoms with Gasteiger partial charge in [0.2, 0.25) is 0 Å². The van der Waals surface area contributed by atoms with E-state index < -0.39 is 4.92 Å². The Hall–Kier alpha value is -2.25. The van der Waals surface area contributed by atoms with Crippen LogP contribution in [0.25, 0.3) is 0 Å². The van der Waals surface area contributed by atoms with E-state index in [-0.39, 0.29) is 10.9 Å². The number of carbonyl (C=O) groups is 1. The summed E-state index contributed by atoms with van der Waals surface area (Å²) in [4.78, 5) is 27.3. The summed E-state index contributed by atoms with van der Waals surface area (Å²) in [6.07, 6.45) is 1.01. The number of thiophene rings is 1. The van der Waals surface area contributed by atoms with Crippen molar-refractivity contribution in [2.45, 2.75) is 6.42 Å². The highest BCUT2D eigenvalue weighted by Crippen LogP contribution is 2.25. The minimum absolute atomic E-state index is 0.0137. The van der Waals surface area contributed by atoms with Gasteiger partial charge in [0.1, 0.15) is 0 Å². The van der Waals surface area contributed by atoms with Gasteiger partial charge in [-0.15, -0.1) is 0 Å². The average Bonchev–Trinajstić information content (AvgIpc) is 3.11. The third kappa shape index (κ3) is 3.98. The van der Waals surface area contributed by atoms with Crippen molar-refractivity contribution in [2.24, 2.45) is 0 Å². The molecule has 0 saturated carbocycles. The third-order valence-corrected chi connectivity index (χ3v) is 5.23. The van der Waals surface area contributed by atoms with E-state index in [0.29, 0.717) is 18.0 Å². The van der Waals surface area contributed by atoms with E-state index in [1.54, 1.807) is 11.0 Å². The van der Waals surface area contributed by atoms with Crippen LogP contribution in [0.2, 0.25) is 0 Å². The molecule has 1 aliphatic heterocycles. The van der Waals surface area contributed by atoms with E-state index in [2.05, 4.69) is 17.0 Å². The third-order valence-electron chi connectivity index (χ3n) is 4.20. The van der Waals surface area contributed by atoms with Crippen molar-refractivity contribution in [1.82, 2.24) is 9.80 Å². The first-order chi connectivity index (χ1) is 11.6. The van der Waals surface area contributed by atoms with Gasteiger partial charge >= 0.3 is 5.00 Å². The lowest BCUT2D eigenvalue weighted by Crippen LogP contribution is -2.48. The second kappa shape index (κ2) is 7.55. The van der Waals surface area contributed by atoms with Gasteiger partial charge in [0.15, 0.2) is 0 Å². The molecule has 2 heterocycles. The molecule has 126 valence electrons. The standard InChI is InChI=1S/C17H19N3O3S/c21-17(15-6-7-16(24-15)20(22)23)19-12-10-18(11-13-19)9-8-14-4-2-1-3-5-14/h1-7H,8-13H2. The number of amides is 1. The molecule has 0 spiro atoms. The highest BCUT2D eigenvalue weighted by Gasteiger charge is 2.24. The predicted molar refractivity (Wildman–Crippen MR) is 93.5 cm³/mol. The summed E-state index contributed by atoms with van der Waals surface area (Å²) in [5, 5.41) is 10.7. The van der Waals surface area contributed by atoms with Crippen molar-refractivity contribution in [3.8, 4) is 0 Å². The lowest BCUT2D eigenvalue weighted by molar-refractivity contribution is -0.380. The summed E-state index contributed by atoms with van der Waals surface area (Å²) < 4.78 is 0. The van der Waals surface area contributed by atoms with Gasteiger partial charge in [0.05, 0.1) is 9.80 Å². The van der Waals surface area contributed by atoms with E-state index in [0.717, 1.165) is 37.4 Å². The molecule has 24 heavy (non-hydrogen) atoms. The minimum atomic E-state index is -0.455. The normalized spacial score (nSPS) is 15.4. The van der Waals surface area contributed by atoms with Crippen LogP contribution < -0.4 is 0 Å². The largest absolute Gasteiger partial charge is 0.335 e. The average molecular weight is 345 g/mol. The number of benzene rings is 1. The Balaban J connectivity index is 1.49. The van der Waals surface area contributed by atoms with Crippen molar-refractivity contribution in [2.75, 3.05) is 32.7 Å². The molecule has 1 amide bonds. The Morgan fingerprint density at radius 3 is 2.42 bits per heavy atom. The fourth-order valence-corrected chi connectivity index (χ4v) is 3.59. The molecule has 1 fully saturated rings. The van der Waals surface area contributed by atoms with Crippen molar-refractivity contribution < 1.29 is 9.72 Å². The number of hydrogen-bond acceptors (Lipinski definition) is 5. The number of rotatable bonds is 5. The predicted octanol–water partition coefficient (Wildman–Crippen LogP) is 2.66. The molecule has 0 aliphatic carbocycles. The Morgan fingerprint density at radius 2 is 1.79 bits per heavy atom. The number of carbonyl (C=O) groups excluding carboxylic acids is 1. The molecule has 1 aromatic carbocycles. The zero-order chi connectivity index (χ0) is 16.9. The van der Waals surface area contributed by atoms with Crippen molar-refractivity contribution >= 4 is 22.2 Å². The maximum atomic E-state index is 12.4. The van der Waals surface area contributed by atoms with Crippen LogP contribution in [0.4, 0.5) is 5.00 Å². The molecular formula is C17H19N3O3S. The van der Waals surface area contributed by atoms with Gasteiger partial charge in [-0.25, -0.2) is 0 Å². The maximum absolute atomic E-state index is 12.4. The summed E-state index contributed by atoms with van der Waals surface area (Å²) >= 11 is 0.947. The Morgan fingerprint density at radius 1 is 1.08 bits per heavy atom. The molecule has 1 saturated heterocycles. The molecular weight excluding hydrogens is 326 g/mol. The van der Waals surface area contributed by atoms with E-state index in [1.807, 2.05) is 18.2 Å². The van der Waals surface area contributed by atoms with Crippen molar-refractivity contribution in [1.29, 1.82) is 0 Å². The van der Waals surface area contributed by atoms with Gasteiger partial charge in [0, 0.05) is 38.8 Å². The van der Waals surface area contributed by atoms with Crippen LogP contribution in [0.5, 0.6) is 0 Å². The molecule has 7 heteroatoms.